The normalized spacial score (nSPS) is 13.8. The Hall–Kier alpha value is -0.580. The summed E-state index contributed by atoms with van der Waals surface area (Å²) in [5.41, 5.74) is 0. The molecule has 0 amide bonds. The summed E-state index contributed by atoms with van der Waals surface area (Å²) in [6, 6.07) is 0. The molecule has 0 saturated carbocycles. The molecule has 0 aliphatic carbocycles. The fourth-order valence-corrected chi connectivity index (χ4v) is 0.417. The third-order valence-corrected chi connectivity index (χ3v) is 0.922. The minimum absolute atomic E-state index is 0.162. The van der Waals surface area contributed by atoms with Gasteiger partial charge in [0.05, 0.1) is 5.25 Å². The molecule has 1 heterocycles. The van der Waals surface area contributed by atoms with Gasteiger partial charge in [-0.2, -0.15) is 12.6 Å². The molecule has 43 valence electrons. The van der Waals surface area contributed by atoms with E-state index in [0.29, 0.717) is 5.82 Å². The van der Waals surface area contributed by atoms with Gasteiger partial charge in [0.25, 0.3) is 0 Å². The summed E-state index contributed by atoms with van der Waals surface area (Å²) >= 11 is 3.97. The van der Waals surface area contributed by atoms with Crippen LogP contribution in [-0.2, 0) is 0 Å². The lowest BCUT2D eigenvalue weighted by Crippen LogP contribution is -1.86. The fraction of sp³-hybridized carbons (Fsp3) is 0.333. The Bertz CT molecular complexity index is 146. The molecule has 8 heavy (non-hydrogen) atoms. The number of aromatic nitrogens is 4. The molecular formula is C3H5N4S. The number of nitrogens with zero attached hydrogens (tertiary/aromatic N) is 3. The van der Waals surface area contributed by atoms with Crippen LogP contribution in [0.4, 0.5) is 0 Å². The Morgan fingerprint density at radius 1 is 1.75 bits per heavy atom. The van der Waals surface area contributed by atoms with E-state index in [9.17, 15) is 0 Å². The van der Waals surface area contributed by atoms with Crippen LogP contribution in [0.5, 0.6) is 0 Å². The van der Waals surface area contributed by atoms with E-state index in [1.165, 1.54) is 0 Å². The minimum Gasteiger partial charge on any atom is -0.242 e. The van der Waals surface area contributed by atoms with Gasteiger partial charge in [-0.1, -0.05) is 0 Å². The molecule has 0 aliphatic rings. The quantitative estimate of drug-likeness (QED) is 0.525. The second kappa shape index (κ2) is 2.13. The van der Waals surface area contributed by atoms with Gasteiger partial charge in [0.15, 0.2) is 5.82 Å². The Balaban J connectivity index is 2.77. The minimum atomic E-state index is -0.162. The average molecular weight is 129 g/mol. The molecule has 0 saturated heterocycles. The van der Waals surface area contributed by atoms with Crippen molar-refractivity contribution in [2.24, 2.45) is 0 Å². The van der Waals surface area contributed by atoms with Crippen molar-refractivity contribution in [3.63, 3.8) is 0 Å². The fourth-order valence-electron chi connectivity index (χ4n) is 0.308. The largest absolute Gasteiger partial charge is 0.242 e. The van der Waals surface area contributed by atoms with E-state index < -0.39 is 0 Å². The van der Waals surface area contributed by atoms with E-state index in [4.69, 9.17) is 0 Å². The number of tetrazole rings is 1. The van der Waals surface area contributed by atoms with Gasteiger partial charge >= 0.3 is 0 Å². The maximum atomic E-state index is 3.97. The summed E-state index contributed by atoms with van der Waals surface area (Å²) in [6.07, 6.45) is 0. The summed E-state index contributed by atoms with van der Waals surface area (Å²) in [5, 5.41) is 12.6. The van der Waals surface area contributed by atoms with Gasteiger partial charge in [0, 0.05) is 0 Å². The van der Waals surface area contributed by atoms with Gasteiger partial charge < -0.3 is 0 Å². The summed E-state index contributed by atoms with van der Waals surface area (Å²) in [5.74, 6) is 0.591. The van der Waals surface area contributed by atoms with E-state index in [-0.39, 0.29) is 5.25 Å². The van der Waals surface area contributed by atoms with Gasteiger partial charge in [0.1, 0.15) is 0 Å². The lowest BCUT2D eigenvalue weighted by atomic mass is 10.5. The molecule has 1 aromatic rings. The van der Waals surface area contributed by atoms with E-state index in [2.05, 4.69) is 40.2 Å². The topological polar surface area (TPSA) is 54.5 Å². The Morgan fingerprint density at radius 3 is 2.75 bits per heavy atom. The standard InChI is InChI=1S/C3H5N4S/c1-2(8)3-4-6-7-5-3/h2,8H,1H2,(H,4,5,6,7). The molecule has 0 fully saturated rings. The summed E-state index contributed by atoms with van der Waals surface area (Å²) in [4.78, 5) is 0. The van der Waals surface area contributed by atoms with E-state index in [1.807, 2.05) is 0 Å². The molecule has 0 aromatic carbocycles. The van der Waals surface area contributed by atoms with Crippen molar-refractivity contribution < 1.29 is 0 Å². The molecule has 1 atom stereocenters. The van der Waals surface area contributed by atoms with Crippen LogP contribution < -0.4 is 0 Å². The van der Waals surface area contributed by atoms with Crippen LogP contribution in [0.2, 0.25) is 0 Å². The summed E-state index contributed by atoms with van der Waals surface area (Å²) in [6.45, 7) is 3.57. The van der Waals surface area contributed by atoms with Crippen molar-refractivity contribution in [2.45, 2.75) is 5.25 Å². The number of hydrogen-bond donors (Lipinski definition) is 2. The van der Waals surface area contributed by atoms with Gasteiger partial charge in [0.2, 0.25) is 0 Å². The molecule has 1 N–H and O–H groups in total. The average Bonchev–Trinajstić information content (AvgIpc) is 2.12. The lowest BCUT2D eigenvalue weighted by molar-refractivity contribution is 0.881. The smallest absolute Gasteiger partial charge is 0.161 e. The predicted molar refractivity (Wildman–Crippen MR) is 31.3 cm³/mol. The molecule has 1 radical (unpaired) electrons. The molecule has 5 heteroatoms. The van der Waals surface area contributed by atoms with Crippen LogP contribution in [0.25, 0.3) is 0 Å². The van der Waals surface area contributed by atoms with Gasteiger partial charge in [-0.3, -0.25) is 0 Å². The van der Waals surface area contributed by atoms with E-state index in [1.54, 1.807) is 0 Å². The highest BCUT2D eigenvalue weighted by atomic mass is 32.1. The Labute approximate surface area is 52.1 Å². The van der Waals surface area contributed by atoms with Crippen LogP contribution in [0.1, 0.15) is 11.1 Å². The van der Waals surface area contributed by atoms with Crippen molar-refractivity contribution >= 4 is 12.6 Å². The molecule has 0 aliphatic heterocycles. The molecule has 0 bridgehead atoms. The van der Waals surface area contributed by atoms with Crippen LogP contribution in [0.3, 0.4) is 0 Å². The molecule has 4 nitrogen and oxygen atoms in total. The molecular weight excluding hydrogens is 124 g/mol. The zero-order chi connectivity index (χ0) is 5.98. The monoisotopic (exact) mass is 129 g/mol. The number of hydrogen-bond acceptors (Lipinski definition) is 4. The zero-order valence-corrected chi connectivity index (χ0v) is 4.97. The van der Waals surface area contributed by atoms with Gasteiger partial charge in [-0.05, 0) is 17.4 Å². The van der Waals surface area contributed by atoms with Crippen LogP contribution >= 0.6 is 12.6 Å². The van der Waals surface area contributed by atoms with Crippen molar-refractivity contribution in [1.82, 2.24) is 20.6 Å². The second-order valence-corrected chi connectivity index (χ2v) is 1.93. The van der Waals surface area contributed by atoms with Gasteiger partial charge in [-0.25, -0.2) is 5.10 Å². The number of thiol groups is 1. The Morgan fingerprint density at radius 2 is 2.50 bits per heavy atom. The van der Waals surface area contributed by atoms with Crippen LogP contribution in [0, 0.1) is 6.92 Å². The molecule has 1 unspecified atom stereocenters. The van der Waals surface area contributed by atoms with Crippen molar-refractivity contribution in [3.05, 3.63) is 12.7 Å². The number of H-pyrrole nitrogens is 1. The molecule has 1 aromatic heterocycles. The highest BCUT2D eigenvalue weighted by molar-refractivity contribution is 7.80. The first kappa shape index (κ1) is 5.55. The zero-order valence-electron chi connectivity index (χ0n) is 4.07. The maximum absolute atomic E-state index is 3.97. The first-order valence-corrected chi connectivity index (χ1v) is 2.57. The van der Waals surface area contributed by atoms with Crippen molar-refractivity contribution in [2.75, 3.05) is 0 Å². The summed E-state index contributed by atoms with van der Waals surface area (Å²) < 4.78 is 0. The first-order chi connectivity index (χ1) is 3.80. The van der Waals surface area contributed by atoms with E-state index >= 15 is 0 Å². The number of nitrogens with one attached hydrogen (secondary N) is 1. The molecule has 1 rings (SSSR count). The number of rotatable bonds is 1. The van der Waals surface area contributed by atoms with Crippen molar-refractivity contribution in [3.8, 4) is 0 Å². The van der Waals surface area contributed by atoms with Crippen LogP contribution in [0.15, 0.2) is 0 Å². The SMILES string of the molecule is [CH2]C(S)c1nnn[nH]1. The van der Waals surface area contributed by atoms with Crippen LogP contribution in [-0.4, -0.2) is 20.6 Å². The third kappa shape index (κ3) is 0.975. The summed E-state index contributed by atoms with van der Waals surface area (Å²) in [7, 11) is 0. The number of aromatic amines is 1. The Kier molecular flexibility index (Phi) is 1.48. The second-order valence-electron chi connectivity index (χ2n) is 1.30. The molecule has 0 spiro atoms. The maximum Gasteiger partial charge on any atom is 0.161 e. The van der Waals surface area contributed by atoms with E-state index in [0.717, 1.165) is 0 Å². The highest BCUT2D eigenvalue weighted by Crippen LogP contribution is 2.09. The van der Waals surface area contributed by atoms with Gasteiger partial charge in [-0.15, -0.1) is 5.10 Å². The predicted octanol–water partition coefficient (Wildman–Crippen LogP) is 0.00469. The highest BCUT2D eigenvalue weighted by Gasteiger charge is 2.00. The first-order valence-electron chi connectivity index (χ1n) is 2.05. The lowest BCUT2D eigenvalue weighted by Gasteiger charge is -1.90. The third-order valence-electron chi connectivity index (χ3n) is 0.677. The van der Waals surface area contributed by atoms with Crippen molar-refractivity contribution in [1.29, 1.82) is 0 Å².